The molecule has 3 rings (SSSR count). The largest absolute Gasteiger partial charge is 0.493 e. The summed E-state index contributed by atoms with van der Waals surface area (Å²) in [7, 11) is 3.24. The summed E-state index contributed by atoms with van der Waals surface area (Å²) in [5.74, 6) is 2.76. The maximum absolute atomic E-state index is 8.84. The van der Waals surface area contributed by atoms with Crippen LogP contribution in [0.1, 0.15) is 19.3 Å². The number of fused-ring (bicyclic) bond motifs is 1. The first-order valence-corrected chi connectivity index (χ1v) is 7.75. The van der Waals surface area contributed by atoms with E-state index in [9.17, 15) is 0 Å². The van der Waals surface area contributed by atoms with Gasteiger partial charge in [0.15, 0.2) is 11.5 Å². The lowest BCUT2D eigenvalue weighted by Crippen LogP contribution is -2.34. The molecule has 0 aliphatic carbocycles. The molecule has 1 aliphatic rings. The van der Waals surface area contributed by atoms with E-state index >= 15 is 0 Å². The summed E-state index contributed by atoms with van der Waals surface area (Å²) in [6.07, 6.45) is 4.27. The van der Waals surface area contributed by atoms with Crippen molar-refractivity contribution >= 4 is 16.7 Å². The zero-order valence-corrected chi connectivity index (χ0v) is 13.5. The molecule has 6 nitrogen and oxygen atoms in total. The third-order valence-electron chi connectivity index (χ3n) is 4.41. The van der Waals surface area contributed by atoms with Crippen LogP contribution in [0.25, 0.3) is 10.9 Å². The molecule has 1 saturated heterocycles. The van der Waals surface area contributed by atoms with Crippen molar-refractivity contribution < 1.29 is 9.47 Å². The second kappa shape index (κ2) is 6.69. The van der Waals surface area contributed by atoms with E-state index in [2.05, 4.69) is 20.9 Å². The molecule has 6 heteroatoms. The molecule has 0 bridgehead atoms. The lowest BCUT2D eigenvalue weighted by atomic mass is 9.94. The molecule has 120 valence electrons. The summed E-state index contributed by atoms with van der Waals surface area (Å²) in [4.78, 5) is 11.1. The van der Waals surface area contributed by atoms with E-state index in [0.29, 0.717) is 23.8 Å². The van der Waals surface area contributed by atoms with Crippen molar-refractivity contribution in [1.29, 1.82) is 5.26 Å². The Morgan fingerprint density at radius 1 is 1.17 bits per heavy atom. The predicted octanol–water partition coefficient (Wildman–Crippen LogP) is 2.78. The first-order chi connectivity index (χ1) is 11.3. The third-order valence-corrected chi connectivity index (χ3v) is 4.41. The number of nitriles is 1. The molecule has 1 aromatic carbocycles. The number of hydrogen-bond acceptors (Lipinski definition) is 6. The van der Waals surface area contributed by atoms with E-state index < -0.39 is 0 Å². The lowest BCUT2D eigenvalue weighted by Gasteiger charge is -2.32. The van der Waals surface area contributed by atoms with Crippen molar-refractivity contribution in [3.05, 3.63) is 18.5 Å². The van der Waals surface area contributed by atoms with Gasteiger partial charge < -0.3 is 14.4 Å². The van der Waals surface area contributed by atoms with Crippen LogP contribution in [0.15, 0.2) is 18.5 Å². The number of piperidine rings is 1. The summed E-state index contributed by atoms with van der Waals surface area (Å²) in [5.41, 5.74) is 0.840. The minimum absolute atomic E-state index is 0.499. The monoisotopic (exact) mass is 312 g/mol. The van der Waals surface area contributed by atoms with Gasteiger partial charge in [0.2, 0.25) is 0 Å². The van der Waals surface area contributed by atoms with Gasteiger partial charge in [0.1, 0.15) is 12.1 Å². The SMILES string of the molecule is COc1cc2ncnc(N3CCC(CC#N)CC3)c2cc1OC. The van der Waals surface area contributed by atoms with Gasteiger partial charge in [-0.15, -0.1) is 0 Å². The van der Waals surface area contributed by atoms with E-state index in [1.165, 1.54) is 0 Å². The zero-order valence-electron chi connectivity index (χ0n) is 13.5. The van der Waals surface area contributed by atoms with E-state index in [1.54, 1.807) is 20.5 Å². The van der Waals surface area contributed by atoms with Crippen LogP contribution in [-0.2, 0) is 0 Å². The molecule has 2 aromatic rings. The van der Waals surface area contributed by atoms with Crippen molar-refractivity contribution in [3.8, 4) is 17.6 Å². The highest BCUT2D eigenvalue weighted by molar-refractivity contribution is 5.92. The molecule has 0 unspecified atom stereocenters. The first-order valence-electron chi connectivity index (χ1n) is 7.75. The Hall–Kier alpha value is -2.55. The lowest BCUT2D eigenvalue weighted by molar-refractivity contribution is 0.355. The van der Waals surface area contributed by atoms with Crippen molar-refractivity contribution in [2.45, 2.75) is 19.3 Å². The molecular weight excluding hydrogens is 292 g/mol. The molecule has 0 spiro atoms. The van der Waals surface area contributed by atoms with Gasteiger partial charge in [-0.25, -0.2) is 9.97 Å². The van der Waals surface area contributed by atoms with Crippen molar-refractivity contribution in [2.24, 2.45) is 5.92 Å². The highest BCUT2D eigenvalue weighted by Crippen LogP contribution is 2.35. The predicted molar refractivity (Wildman–Crippen MR) is 87.8 cm³/mol. The highest BCUT2D eigenvalue weighted by Gasteiger charge is 2.22. The molecule has 1 fully saturated rings. The Morgan fingerprint density at radius 3 is 2.52 bits per heavy atom. The smallest absolute Gasteiger partial charge is 0.162 e. The average Bonchev–Trinajstić information content (AvgIpc) is 2.61. The number of rotatable bonds is 4. The zero-order chi connectivity index (χ0) is 16.2. The van der Waals surface area contributed by atoms with Crippen molar-refractivity contribution in [3.63, 3.8) is 0 Å². The summed E-state index contributed by atoms with van der Waals surface area (Å²) in [6, 6.07) is 6.09. The Labute approximate surface area is 135 Å². The molecule has 0 N–H and O–H groups in total. The summed E-state index contributed by atoms with van der Waals surface area (Å²) >= 11 is 0. The van der Waals surface area contributed by atoms with Gasteiger partial charge in [0.25, 0.3) is 0 Å². The standard InChI is InChI=1S/C17H20N4O2/c1-22-15-9-13-14(10-16(15)23-2)19-11-20-17(13)21-7-4-12(3-6-18)5-8-21/h9-12H,3-5,7-8H2,1-2H3. The Morgan fingerprint density at radius 2 is 1.87 bits per heavy atom. The fourth-order valence-electron chi connectivity index (χ4n) is 3.10. The molecule has 2 heterocycles. The molecule has 1 aliphatic heterocycles. The van der Waals surface area contributed by atoms with Gasteiger partial charge in [-0.05, 0) is 24.8 Å². The van der Waals surface area contributed by atoms with Crippen molar-refractivity contribution in [2.75, 3.05) is 32.2 Å². The number of benzene rings is 1. The number of nitrogens with zero attached hydrogens (tertiary/aromatic N) is 4. The quantitative estimate of drug-likeness (QED) is 0.864. The van der Waals surface area contributed by atoms with Gasteiger partial charge in [0.05, 0.1) is 25.8 Å². The van der Waals surface area contributed by atoms with Crippen LogP contribution >= 0.6 is 0 Å². The van der Waals surface area contributed by atoms with Gasteiger partial charge >= 0.3 is 0 Å². The average molecular weight is 312 g/mol. The van der Waals surface area contributed by atoms with E-state index in [4.69, 9.17) is 14.7 Å². The van der Waals surface area contributed by atoms with Crippen LogP contribution < -0.4 is 14.4 Å². The number of methoxy groups -OCH3 is 2. The number of aromatic nitrogens is 2. The van der Waals surface area contributed by atoms with Gasteiger partial charge in [-0.2, -0.15) is 5.26 Å². The first kappa shape index (κ1) is 15.3. The molecule has 0 saturated carbocycles. The second-order valence-electron chi connectivity index (χ2n) is 5.71. The van der Waals surface area contributed by atoms with Gasteiger partial charge in [0, 0.05) is 31.0 Å². The van der Waals surface area contributed by atoms with Crippen molar-refractivity contribution in [1.82, 2.24) is 9.97 Å². The fraction of sp³-hybridized carbons (Fsp3) is 0.471. The number of ether oxygens (including phenoxy) is 2. The highest BCUT2D eigenvalue weighted by atomic mass is 16.5. The van der Waals surface area contributed by atoms with Gasteiger partial charge in [-0.3, -0.25) is 0 Å². The Balaban J connectivity index is 1.94. The van der Waals surface area contributed by atoms with Crippen LogP contribution in [0, 0.1) is 17.2 Å². The number of anilines is 1. The minimum atomic E-state index is 0.499. The third kappa shape index (κ3) is 3.00. The summed E-state index contributed by atoms with van der Waals surface area (Å²) < 4.78 is 10.7. The van der Waals surface area contributed by atoms with Crippen LogP contribution in [0.3, 0.4) is 0 Å². The topological polar surface area (TPSA) is 71.3 Å². The molecular formula is C17H20N4O2. The number of hydrogen-bond donors (Lipinski definition) is 0. The summed E-state index contributed by atoms with van der Waals surface area (Å²) in [6.45, 7) is 1.82. The molecule has 23 heavy (non-hydrogen) atoms. The molecule has 0 atom stereocenters. The maximum Gasteiger partial charge on any atom is 0.162 e. The van der Waals surface area contributed by atoms with Crippen LogP contribution in [0.5, 0.6) is 11.5 Å². The van der Waals surface area contributed by atoms with E-state index in [1.807, 2.05) is 12.1 Å². The minimum Gasteiger partial charge on any atom is -0.493 e. The molecule has 1 aromatic heterocycles. The van der Waals surface area contributed by atoms with Crippen LogP contribution in [0.2, 0.25) is 0 Å². The molecule has 0 radical (unpaired) electrons. The Bertz CT molecular complexity index is 733. The molecule has 0 amide bonds. The summed E-state index contributed by atoms with van der Waals surface area (Å²) in [5, 5.41) is 9.80. The fourth-order valence-corrected chi connectivity index (χ4v) is 3.10. The van der Waals surface area contributed by atoms with E-state index in [-0.39, 0.29) is 0 Å². The van der Waals surface area contributed by atoms with Gasteiger partial charge in [-0.1, -0.05) is 0 Å². The van der Waals surface area contributed by atoms with E-state index in [0.717, 1.165) is 42.7 Å². The second-order valence-corrected chi connectivity index (χ2v) is 5.71. The Kier molecular flexibility index (Phi) is 4.47. The van der Waals surface area contributed by atoms with Crippen LogP contribution in [-0.4, -0.2) is 37.3 Å². The normalized spacial score (nSPS) is 15.4. The van der Waals surface area contributed by atoms with Crippen LogP contribution in [0.4, 0.5) is 5.82 Å². The maximum atomic E-state index is 8.84.